The van der Waals surface area contributed by atoms with Crippen LogP contribution in [0.15, 0.2) is 12.2 Å². The number of hydrogen-bond donors (Lipinski definition) is 0. The van der Waals surface area contributed by atoms with Gasteiger partial charge in [0.1, 0.15) is 0 Å². The highest BCUT2D eigenvalue weighted by Crippen LogP contribution is 2.41. The second-order valence-corrected chi connectivity index (χ2v) is 4.21. The second kappa shape index (κ2) is 3.61. The van der Waals surface area contributed by atoms with Gasteiger partial charge in [0.2, 0.25) is 0 Å². The lowest BCUT2D eigenvalue weighted by molar-refractivity contribution is 0.349. The van der Waals surface area contributed by atoms with Crippen molar-refractivity contribution in [2.45, 2.75) is 26.2 Å². The molecule has 1 atom stereocenters. The predicted molar refractivity (Wildman–Crippen MR) is 52.1 cm³/mol. The summed E-state index contributed by atoms with van der Waals surface area (Å²) in [5.41, 5.74) is 0. The van der Waals surface area contributed by atoms with Gasteiger partial charge in [0.25, 0.3) is 0 Å². The summed E-state index contributed by atoms with van der Waals surface area (Å²) in [6, 6.07) is 0. The predicted octanol–water partition coefficient (Wildman–Crippen LogP) is 2.29. The molecule has 68 valence electrons. The molecule has 0 spiro atoms. The first-order valence-corrected chi connectivity index (χ1v) is 5.23. The van der Waals surface area contributed by atoms with Gasteiger partial charge in [-0.1, -0.05) is 12.2 Å². The fourth-order valence-corrected chi connectivity index (χ4v) is 2.24. The maximum atomic E-state index is 2.59. The lowest BCUT2D eigenvalue weighted by Gasteiger charge is -2.12. The molecule has 1 heterocycles. The molecule has 0 aromatic heterocycles. The van der Waals surface area contributed by atoms with Crippen molar-refractivity contribution in [3.8, 4) is 0 Å². The first kappa shape index (κ1) is 8.31. The van der Waals surface area contributed by atoms with Crippen molar-refractivity contribution in [1.82, 2.24) is 4.90 Å². The zero-order valence-electron chi connectivity index (χ0n) is 8.00. The molecule has 1 saturated carbocycles. The van der Waals surface area contributed by atoms with Crippen LogP contribution in [0.25, 0.3) is 0 Å². The van der Waals surface area contributed by atoms with Gasteiger partial charge in [-0.2, -0.15) is 0 Å². The number of rotatable bonds is 3. The zero-order valence-corrected chi connectivity index (χ0v) is 8.00. The van der Waals surface area contributed by atoms with E-state index in [-0.39, 0.29) is 0 Å². The number of allylic oxidation sites excluding steroid dienone is 1. The third kappa shape index (κ3) is 1.89. The van der Waals surface area contributed by atoms with Gasteiger partial charge in [-0.25, -0.2) is 0 Å². The maximum Gasteiger partial charge on any atom is 0.0163 e. The van der Waals surface area contributed by atoms with Crippen LogP contribution in [0.4, 0.5) is 0 Å². The Hall–Kier alpha value is -0.300. The van der Waals surface area contributed by atoms with E-state index < -0.39 is 0 Å². The molecule has 0 radical (unpaired) electrons. The Bertz CT molecular complexity index is 170. The van der Waals surface area contributed by atoms with E-state index in [0.717, 1.165) is 11.8 Å². The highest BCUT2D eigenvalue weighted by atomic mass is 15.1. The van der Waals surface area contributed by atoms with E-state index in [0.29, 0.717) is 0 Å². The molecule has 0 bridgehead atoms. The third-order valence-corrected chi connectivity index (χ3v) is 3.20. The summed E-state index contributed by atoms with van der Waals surface area (Å²) >= 11 is 0. The smallest absolute Gasteiger partial charge is 0.0163 e. The summed E-state index contributed by atoms with van der Waals surface area (Å²) in [4.78, 5) is 2.59. The Balaban J connectivity index is 1.73. The van der Waals surface area contributed by atoms with Crippen LogP contribution in [-0.2, 0) is 0 Å². The average molecular weight is 165 g/mol. The number of nitrogens with zero attached hydrogens (tertiary/aromatic N) is 1. The molecule has 2 rings (SSSR count). The molecule has 1 aliphatic heterocycles. The van der Waals surface area contributed by atoms with Crippen molar-refractivity contribution in [3.05, 3.63) is 12.2 Å². The number of likely N-dealkylation sites (tertiary alicyclic amines) is 1. The summed E-state index contributed by atoms with van der Waals surface area (Å²) < 4.78 is 0. The van der Waals surface area contributed by atoms with Crippen LogP contribution in [0.3, 0.4) is 0 Å². The molecule has 0 aromatic rings. The van der Waals surface area contributed by atoms with Crippen LogP contribution in [0.5, 0.6) is 0 Å². The van der Waals surface area contributed by atoms with E-state index in [2.05, 4.69) is 24.0 Å². The Morgan fingerprint density at radius 2 is 2.08 bits per heavy atom. The van der Waals surface area contributed by atoms with E-state index in [1.165, 1.54) is 38.9 Å². The van der Waals surface area contributed by atoms with E-state index in [4.69, 9.17) is 0 Å². The van der Waals surface area contributed by atoms with Crippen LogP contribution in [0.1, 0.15) is 26.2 Å². The van der Waals surface area contributed by atoms with Gasteiger partial charge >= 0.3 is 0 Å². The molecule has 0 N–H and O–H groups in total. The highest BCUT2D eigenvalue weighted by Gasteiger charge is 2.35. The van der Waals surface area contributed by atoms with Gasteiger partial charge in [-0.3, -0.25) is 4.90 Å². The molecule has 1 saturated heterocycles. The largest absolute Gasteiger partial charge is 0.299 e. The zero-order chi connectivity index (χ0) is 8.39. The molecule has 1 nitrogen and oxygen atoms in total. The minimum atomic E-state index is 1.05. The molecule has 1 heteroatoms. The summed E-state index contributed by atoms with van der Waals surface area (Å²) in [7, 11) is 0. The van der Waals surface area contributed by atoms with E-state index >= 15 is 0 Å². The minimum Gasteiger partial charge on any atom is -0.299 e. The van der Waals surface area contributed by atoms with Gasteiger partial charge < -0.3 is 0 Å². The van der Waals surface area contributed by atoms with Crippen LogP contribution in [0, 0.1) is 11.8 Å². The van der Waals surface area contributed by atoms with Gasteiger partial charge in [0.05, 0.1) is 0 Å². The topological polar surface area (TPSA) is 3.24 Å². The Labute approximate surface area is 75.4 Å². The Kier molecular flexibility index (Phi) is 2.50. The molecule has 2 aliphatic rings. The third-order valence-electron chi connectivity index (χ3n) is 3.20. The van der Waals surface area contributed by atoms with Crippen LogP contribution < -0.4 is 0 Å². The van der Waals surface area contributed by atoms with Crippen molar-refractivity contribution >= 4 is 0 Å². The molecule has 12 heavy (non-hydrogen) atoms. The van der Waals surface area contributed by atoms with Crippen molar-refractivity contribution < 1.29 is 0 Å². The molecular formula is C11H19N. The Morgan fingerprint density at radius 3 is 2.75 bits per heavy atom. The van der Waals surface area contributed by atoms with Crippen LogP contribution in [0.2, 0.25) is 0 Å². The van der Waals surface area contributed by atoms with Crippen LogP contribution in [-0.4, -0.2) is 24.5 Å². The first-order chi connectivity index (χ1) is 5.90. The van der Waals surface area contributed by atoms with Gasteiger partial charge in [-0.05, 0) is 44.6 Å². The molecule has 1 unspecified atom stereocenters. The van der Waals surface area contributed by atoms with Crippen molar-refractivity contribution in [3.63, 3.8) is 0 Å². The highest BCUT2D eigenvalue weighted by molar-refractivity contribution is 4.90. The minimum absolute atomic E-state index is 1.05. The van der Waals surface area contributed by atoms with E-state index in [9.17, 15) is 0 Å². The summed E-state index contributed by atoms with van der Waals surface area (Å²) in [5, 5.41) is 0. The Morgan fingerprint density at radius 1 is 1.25 bits per heavy atom. The maximum absolute atomic E-state index is 2.59. The molecular weight excluding hydrogens is 146 g/mol. The normalized spacial score (nSPS) is 31.9. The fraction of sp³-hybridized carbons (Fsp3) is 0.818. The monoisotopic (exact) mass is 165 g/mol. The standard InChI is InChI=1S/C11H19N/c1-2-3-7-12-8-6-11(9-12)10-4-5-10/h2-3,10-11H,4-9H2,1H3/b3-2+. The lowest BCUT2D eigenvalue weighted by Crippen LogP contribution is -2.20. The van der Waals surface area contributed by atoms with Gasteiger partial charge in [0.15, 0.2) is 0 Å². The quantitative estimate of drug-likeness (QED) is 0.580. The van der Waals surface area contributed by atoms with E-state index in [1.54, 1.807) is 0 Å². The lowest BCUT2D eigenvalue weighted by atomic mass is 10.0. The van der Waals surface area contributed by atoms with Gasteiger partial charge in [-0.15, -0.1) is 0 Å². The van der Waals surface area contributed by atoms with Crippen molar-refractivity contribution in [2.24, 2.45) is 11.8 Å². The summed E-state index contributed by atoms with van der Waals surface area (Å²) in [5.74, 6) is 2.16. The second-order valence-electron chi connectivity index (χ2n) is 4.21. The van der Waals surface area contributed by atoms with Crippen molar-refractivity contribution in [1.29, 1.82) is 0 Å². The molecule has 0 amide bonds. The van der Waals surface area contributed by atoms with Crippen molar-refractivity contribution in [2.75, 3.05) is 19.6 Å². The molecule has 2 fully saturated rings. The molecule has 0 aromatic carbocycles. The van der Waals surface area contributed by atoms with Crippen LogP contribution >= 0.6 is 0 Å². The van der Waals surface area contributed by atoms with Gasteiger partial charge in [0, 0.05) is 13.1 Å². The average Bonchev–Trinajstić information content (AvgIpc) is 2.83. The summed E-state index contributed by atoms with van der Waals surface area (Å²) in [6.45, 7) is 5.99. The van der Waals surface area contributed by atoms with E-state index in [1.807, 2.05) is 0 Å². The molecule has 1 aliphatic carbocycles. The summed E-state index contributed by atoms with van der Waals surface area (Å²) in [6.07, 6.45) is 8.92. The SMILES string of the molecule is C/C=C/CN1CCC(C2CC2)C1. The fourth-order valence-electron chi connectivity index (χ4n) is 2.24. The number of hydrogen-bond acceptors (Lipinski definition) is 1. The first-order valence-electron chi connectivity index (χ1n) is 5.23.